The summed E-state index contributed by atoms with van der Waals surface area (Å²) in [7, 11) is 0. The predicted octanol–water partition coefficient (Wildman–Crippen LogP) is 0.417. The summed E-state index contributed by atoms with van der Waals surface area (Å²) in [5, 5.41) is 11.1. The molecule has 11 heavy (non-hydrogen) atoms. The number of aliphatic imine (C=N–C) groups is 1. The van der Waals surface area contributed by atoms with Crippen molar-refractivity contribution < 1.29 is 14.6 Å². The number of hydrogen-bond donors (Lipinski definition) is 2. The molecule has 1 heterocycles. The minimum atomic E-state index is -1.26. The van der Waals surface area contributed by atoms with E-state index in [4.69, 9.17) is 5.11 Å². The highest BCUT2D eigenvalue weighted by molar-refractivity contribution is 5.61. The lowest BCUT2D eigenvalue weighted by Gasteiger charge is -2.22. The molecule has 0 amide bonds. The fraction of sp³-hybridized carbons (Fsp3) is 0.667. The SMILES string of the molecule is CC1N=CCC(OC(=O)O)N1. The highest BCUT2D eigenvalue weighted by atomic mass is 16.7. The van der Waals surface area contributed by atoms with E-state index in [0.717, 1.165) is 0 Å². The minimum Gasteiger partial charge on any atom is -0.450 e. The Bertz CT molecular complexity index is 181. The van der Waals surface area contributed by atoms with E-state index in [1.54, 1.807) is 6.21 Å². The van der Waals surface area contributed by atoms with Crippen LogP contribution in [0.5, 0.6) is 0 Å². The Morgan fingerprint density at radius 3 is 3.18 bits per heavy atom. The van der Waals surface area contributed by atoms with Gasteiger partial charge in [-0.2, -0.15) is 0 Å². The summed E-state index contributed by atoms with van der Waals surface area (Å²) in [6, 6.07) is 0. The molecule has 0 aromatic rings. The van der Waals surface area contributed by atoms with Gasteiger partial charge in [-0.1, -0.05) is 0 Å². The second kappa shape index (κ2) is 3.34. The van der Waals surface area contributed by atoms with Gasteiger partial charge in [-0.15, -0.1) is 0 Å². The van der Waals surface area contributed by atoms with Gasteiger partial charge in [0.25, 0.3) is 0 Å². The third kappa shape index (κ3) is 2.55. The van der Waals surface area contributed by atoms with E-state index in [-0.39, 0.29) is 6.17 Å². The first-order valence-corrected chi connectivity index (χ1v) is 3.36. The first-order chi connectivity index (χ1) is 5.18. The molecule has 5 nitrogen and oxygen atoms in total. The van der Waals surface area contributed by atoms with Crippen molar-refractivity contribution in [2.45, 2.75) is 25.7 Å². The van der Waals surface area contributed by atoms with Crippen molar-refractivity contribution >= 4 is 12.4 Å². The van der Waals surface area contributed by atoms with Crippen LogP contribution in [-0.2, 0) is 4.74 Å². The molecule has 0 radical (unpaired) electrons. The third-order valence-electron chi connectivity index (χ3n) is 1.32. The van der Waals surface area contributed by atoms with Gasteiger partial charge < -0.3 is 9.84 Å². The molecule has 0 aromatic heterocycles. The monoisotopic (exact) mass is 158 g/mol. The van der Waals surface area contributed by atoms with Crippen molar-refractivity contribution in [2.75, 3.05) is 0 Å². The van der Waals surface area contributed by atoms with E-state index in [1.807, 2.05) is 6.92 Å². The molecule has 0 aromatic carbocycles. The van der Waals surface area contributed by atoms with E-state index in [1.165, 1.54) is 0 Å². The molecular weight excluding hydrogens is 148 g/mol. The number of nitrogens with one attached hydrogen (secondary N) is 1. The van der Waals surface area contributed by atoms with Crippen LogP contribution in [0.4, 0.5) is 4.79 Å². The number of carboxylic acid groups (broad SMARTS) is 1. The Hall–Kier alpha value is -1.10. The molecule has 2 atom stereocenters. The zero-order valence-corrected chi connectivity index (χ0v) is 6.15. The second-order valence-electron chi connectivity index (χ2n) is 2.28. The van der Waals surface area contributed by atoms with Crippen molar-refractivity contribution in [3.05, 3.63) is 0 Å². The second-order valence-corrected chi connectivity index (χ2v) is 2.28. The number of rotatable bonds is 1. The first kappa shape index (κ1) is 8.00. The van der Waals surface area contributed by atoms with Crippen LogP contribution in [0.1, 0.15) is 13.3 Å². The summed E-state index contributed by atoms with van der Waals surface area (Å²) in [5.74, 6) is 0. The maximum Gasteiger partial charge on any atom is 0.507 e. The summed E-state index contributed by atoms with van der Waals surface area (Å²) < 4.78 is 4.48. The van der Waals surface area contributed by atoms with Crippen LogP contribution in [0.2, 0.25) is 0 Å². The lowest BCUT2D eigenvalue weighted by atomic mass is 10.3. The molecule has 1 aliphatic heterocycles. The largest absolute Gasteiger partial charge is 0.507 e. The number of carbonyl (C=O) groups is 1. The zero-order valence-electron chi connectivity index (χ0n) is 6.15. The zero-order chi connectivity index (χ0) is 8.27. The van der Waals surface area contributed by atoms with Crippen molar-refractivity contribution in [1.29, 1.82) is 0 Å². The minimum absolute atomic E-state index is 0.0619. The van der Waals surface area contributed by atoms with Crippen LogP contribution in [0.3, 0.4) is 0 Å². The van der Waals surface area contributed by atoms with Crippen LogP contribution < -0.4 is 5.32 Å². The highest BCUT2D eigenvalue weighted by Gasteiger charge is 2.17. The molecule has 0 bridgehead atoms. The fourth-order valence-electron chi connectivity index (χ4n) is 0.899. The van der Waals surface area contributed by atoms with Gasteiger partial charge in [-0.05, 0) is 6.92 Å². The molecule has 1 rings (SSSR count). The Kier molecular flexibility index (Phi) is 2.43. The first-order valence-electron chi connectivity index (χ1n) is 3.36. The van der Waals surface area contributed by atoms with Gasteiger partial charge >= 0.3 is 6.16 Å². The molecule has 2 unspecified atom stereocenters. The fourth-order valence-corrected chi connectivity index (χ4v) is 0.899. The van der Waals surface area contributed by atoms with E-state index < -0.39 is 12.4 Å². The van der Waals surface area contributed by atoms with Gasteiger partial charge in [0.2, 0.25) is 0 Å². The van der Waals surface area contributed by atoms with E-state index in [9.17, 15) is 4.79 Å². The quantitative estimate of drug-likeness (QED) is 0.542. The standard InChI is InChI=1S/C6H10N2O3/c1-4-7-3-2-5(8-4)11-6(9)10/h3-5,8H,2H2,1H3,(H,9,10). The summed E-state index contributed by atoms with van der Waals surface area (Å²) in [6.07, 6.45) is 0.392. The lowest BCUT2D eigenvalue weighted by Crippen LogP contribution is -2.41. The van der Waals surface area contributed by atoms with Crippen molar-refractivity contribution in [3.63, 3.8) is 0 Å². The van der Waals surface area contributed by atoms with E-state index >= 15 is 0 Å². The molecule has 0 spiro atoms. The Balaban J connectivity index is 2.37. The van der Waals surface area contributed by atoms with Crippen LogP contribution in [0.15, 0.2) is 4.99 Å². The predicted molar refractivity (Wildman–Crippen MR) is 38.6 cm³/mol. The van der Waals surface area contributed by atoms with Gasteiger partial charge in [0.05, 0.1) is 6.17 Å². The molecule has 5 heteroatoms. The van der Waals surface area contributed by atoms with Crippen molar-refractivity contribution in [3.8, 4) is 0 Å². The van der Waals surface area contributed by atoms with Crippen molar-refractivity contribution in [2.24, 2.45) is 4.99 Å². The number of nitrogens with zero attached hydrogens (tertiary/aromatic N) is 1. The molecule has 0 aliphatic carbocycles. The maximum atomic E-state index is 10.1. The van der Waals surface area contributed by atoms with E-state index in [0.29, 0.717) is 6.42 Å². The molecule has 2 N–H and O–H groups in total. The highest BCUT2D eigenvalue weighted by Crippen LogP contribution is 2.01. The normalized spacial score (nSPS) is 29.9. The summed E-state index contributed by atoms with van der Waals surface area (Å²) in [4.78, 5) is 14.0. The third-order valence-corrected chi connectivity index (χ3v) is 1.32. The molecular formula is C6H10N2O3. The number of hydrogen-bond acceptors (Lipinski definition) is 4. The topological polar surface area (TPSA) is 70.9 Å². The van der Waals surface area contributed by atoms with Crippen LogP contribution in [-0.4, -0.2) is 29.9 Å². The Morgan fingerprint density at radius 1 is 1.91 bits per heavy atom. The summed E-state index contributed by atoms with van der Waals surface area (Å²) in [6.45, 7) is 1.83. The number of ether oxygens (including phenoxy) is 1. The molecule has 62 valence electrons. The molecule has 0 fully saturated rings. The van der Waals surface area contributed by atoms with E-state index in [2.05, 4.69) is 15.0 Å². The van der Waals surface area contributed by atoms with Crippen LogP contribution in [0, 0.1) is 0 Å². The Labute approximate surface area is 64.1 Å². The smallest absolute Gasteiger partial charge is 0.450 e. The average molecular weight is 158 g/mol. The average Bonchev–Trinajstić information content (AvgIpc) is 1.85. The maximum absolute atomic E-state index is 10.1. The van der Waals surface area contributed by atoms with Crippen LogP contribution in [0.25, 0.3) is 0 Å². The van der Waals surface area contributed by atoms with Crippen LogP contribution >= 0.6 is 0 Å². The van der Waals surface area contributed by atoms with Gasteiger partial charge in [-0.25, -0.2) is 4.79 Å². The summed E-state index contributed by atoms with van der Waals surface area (Å²) in [5.41, 5.74) is 0. The Morgan fingerprint density at radius 2 is 2.64 bits per heavy atom. The van der Waals surface area contributed by atoms with Crippen molar-refractivity contribution in [1.82, 2.24) is 5.32 Å². The van der Waals surface area contributed by atoms with Gasteiger partial charge in [0.1, 0.15) is 0 Å². The molecule has 1 aliphatic rings. The lowest BCUT2D eigenvalue weighted by molar-refractivity contribution is 0.0341. The van der Waals surface area contributed by atoms with Gasteiger partial charge in [0.15, 0.2) is 6.23 Å². The van der Waals surface area contributed by atoms with Gasteiger partial charge in [-0.3, -0.25) is 10.3 Å². The molecule has 0 saturated heterocycles. The van der Waals surface area contributed by atoms with Gasteiger partial charge in [0, 0.05) is 12.6 Å². The molecule has 0 saturated carbocycles. The summed E-state index contributed by atoms with van der Waals surface area (Å²) >= 11 is 0.